The van der Waals surface area contributed by atoms with Gasteiger partial charge in [0.25, 0.3) is 5.91 Å². The quantitative estimate of drug-likeness (QED) is 0.412. The topological polar surface area (TPSA) is 94.4 Å². The Morgan fingerprint density at radius 1 is 1.19 bits per heavy atom. The van der Waals surface area contributed by atoms with E-state index in [1.165, 1.54) is 36.6 Å². The summed E-state index contributed by atoms with van der Waals surface area (Å²) in [5.74, 6) is -0.368. The van der Waals surface area contributed by atoms with Crippen LogP contribution in [0.4, 0.5) is 10.8 Å². The molecule has 1 N–H and O–H groups in total. The molecule has 0 bridgehead atoms. The predicted octanol–water partition coefficient (Wildman–Crippen LogP) is 4.62. The molecule has 7 nitrogen and oxygen atoms in total. The van der Waals surface area contributed by atoms with E-state index < -0.39 is 10.8 Å². The standard InChI is InChI=1S/C19H13N3O4S/c1-26-15-8-6-12(10-14(15)22(24)25)18(23)21-19-20-17-13-5-3-2-4-11(13)7-9-16(17)27-19/h2-10H,1H3,(H,20,21,23). The number of benzene rings is 3. The van der Waals surface area contributed by atoms with Crippen molar-refractivity contribution in [3.63, 3.8) is 0 Å². The lowest BCUT2D eigenvalue weighted by Gasteiger charge is -2.04. The number of rotatable bonds is 4. The van der Waals surface area contributed by atoms with E-state index >= 15 is 0 Å². The SMILES string of the molecule is COc1ccc(C(=O)Nc2nc3c(ccc4ccccc43)s2)cc1[N+](=O)[O-]. The number of aromatic nitrogens is 1. The van der Waals surface area contributed by atoms with E-state index in [4.69, 9.17) is 4.74 Å². The van der Waals surface area contributed by atoms with E-state index in [0.717, 1.165) is 21.0 Å². The number of amides is 1. The molecule has 0 radical (unpaired) electrons. The summed E-state index contributed by atoms with van der Waals surface area (Å²) < 4.78 is 5.91. The average Bonchev–Trinajstić information content (AvgIpc) is 3.10. The molecule has 8 heteroatoms. The largest absolute Gasteiger partial charge is 0.490 e. The fraction of sp³-hybridized carbons (Fsp3) is 0.0526. The van der Waals surface area contributed by atoms with Gasteiger partial charge in [-0.05, 0) is 23.6 Å². The van der Waals surface area contributed by atoms with Crippen molar-refractivity contribution in [3.8, 4) is 5.75 Å². The maximum Gasteiger partial charge on any atom is 0.311 e. The summed E-state index contributed by atoms with van der Waals surface area (Å²) >= 11 is 1.35. The van der Waals surface area contributed by atoms with E-state index in [0.29, 0.717) is 5.13 Å². The maximum absolute atomic E-state index is 12.5. The lowest BCUT2D eigenvalue weighted by Crippen LogP contribution is -2.12. The Hall–Kier alpha value is -3.52. The van der Waals surface area contributed by atoms with Crippen molar-refractivity contribution in [1.82, 2.24) is 4.98 Å². The van der Waals surface area contributed by atoms with Gasteiger partial charge in [0, 0.05) is 17.0 Å². The minimum absolute atomic E-state index is 0.100. The third kappa shape index (κ3) is 3.06. The van der Waals surface area contributed by atoms with Gasteiger partial charge in [-0.15, -0.1) is 0 Å². The number of nitrogens with zero attached hydrogens (tertiary/aromatic N) is 2. The summed E-state index contributed by atoms with van der Waals surface area (Å²) in [5.41, 5.74) is 0.709. The molecule has 0 spiro atoms. The molecule has 4 rings (SSSR count). The van der Waals surface area contributed by atoms with Crippen LogP contribution in [0.15, 0.2) is 54.6 Å². The van der Waals surface area contributed by atoms with E-state index in [-0.39, 0.29) is 17.0 Å². The molecule has 0 unspecified atom stereocenters. The second-order valence-electron chi connectivity index (χ2n) is 5.75. The number of nitro benzene ring substituents is 1. The summed E-state index contributed by atoms with van der Waals surface area (Å²) in [6.45, 7) is 0. The fourth-order valence-electron chi connectivity index (χ4n) is 2.86. The number of methoxy groups -OCH3 is 1. The Morgan fingerprint density at radius 2 is 2.00 bits per heavy atom. The second-order valence-corrected chi connectivity index (χ2v) is 6.78. The van der Waals surface area contributed by atoms with Crippen LogP contribution in [-0.4, -0.2) is 22.9 Å². The monoisotopic (exact) mass is 379 g/mol. The van der Waals surface area contributed by atoms with E-state index in [1.807, 2.05) is 36.4 Å². The minimum atomic E-state index is -0.584. The van der Waals surface area contributed by atoms with Gasteiger partial charge in [0.2, 0.25) is 0 Å². The molecule has 0 aliphatic carbocycles. The van der Waals surface area contributed by atoms with Crippen LogP contribution in [0.3, 0.4) is 0 Å². The highest BCUT2D eigenvalue weighted by molar-refractivity contribution is 7.22. The van der Waals surface area contributed by atoms with Crippen LogP contribution in [0.5, 0.6) is 5.75 Å². The summed E-state index contributed by atoms with van der Waals surface area (Å²) in [6.07, 6.45) is 0. The van der Waals surface area contributed by atoms with Crippen LogP contribution >= 0.6 is 11.3 Å². The first kappa shape index (κ1) is 16.9. The van der Waals surface area contributed by atoms with Gasteiger partial charge in [-0.1, -0.05) is 41.7 Å². The Balaban J connectivity index is 1.68. The van der Waals surface area contributed by atoms with Gasteiger partial charge >= 0.3 is 5.69 Å². The number of hydrogen-bond acceptors (Lipinski definition) is 6. The molecule has 3 aromatic carbocycles. The van der Waals surface area contributed by atoms with Gasteiger partial charge in [0.05, 0.1) is 22.2 Å². The molecule has 134 valence electrons. The number of thiazole rings is 1. The number of ether oxygens (including phenoxy) is 1. The number of fused-ring (bicyclic) bond motifs is 3. The van der Waals surface area contributed by atoms with Gasteiger partial charge in [-0.3, -0.25) is 20.2 Å². The zero-order chi connectivity index (χ0) is 19.0. The number of carbonyl (C=O) groups is 1. The first-order valence-electron chi connectivity index (χ1n) is 7.99. The summed E-state index contributed by atoms with van der Waals surface area (Å²) in [4.78, 5) is 27.6. The number of hydrogen-bond donors (Lipinski definition) is 1. The van der Waals surface area contributed by atoms with Crippen molar-refractivity contribution in [2.75, 3.05) is 12.4 Å². The molecule has 1 heterocycles. The Morgan fingerprint density at radius 3 is 2.78 bits per heavy atom. The molecule has 0 saturated carbocycles. The highest BCUT2D eigenvalue weighted by Gasteiger charge is 2.19. The van der Waals surface area contributed by atoms with E-state index in [1.54, 1.807) is 0 Å². The van der Waals surface area contributed by atoms with Crippen molar-refractivity contribution < 1.29 is 14.5 Å². The third-order valence-electron chi connectivity index (χ3n) is 4.14. The first-order valence-corrected chi connectivity index (χ1v) is 8.80. The van der Waals surface area contributed by atoms with Gasteiger partial charge < -0.3 is 4.74 Å². The third-order valence-corrected chi connectivity index (χ3v) is 5.08. The number of nitrogens with one attached hydrogen (secondary N) is 1. The summed E-state index contributed by atoms with van der Waals surface area (Å²) in [7, 11) is 1.34. The van der Waals surface area contributed by atoms with Crippen molar-refractivity contribution in [1.29, 1.82) is 0 Å². The number of carbonyl (C=O) groups excluding carboxylic acids is 1. The van der Waals surface area contributed by atoms with Crippen LogP contribution in [0.2, 0.25) is 0 Å². The normalized spacial score (nSPS) is 10.9. The predicted molar refractivity (Wildman–Crippen MR) is 105 cm³/mol. The maximum atomic E-state index is 12.5. The van der Waals surface area contributed by atoms with Crippen molar-refractivity contribution in [3.05, 3.63) is 70.3 Å². The highest BCUT2D eigenvalue weighted by Crippen LogP contribution is 2.32. The zero-order valence-corrected chi connectivity index (χ0v) is 14.9. The average molecular weight is 379 g/mol. The highest BCUT2D eigenvalue weighted by atomic mass is 32.1. The fourth-order valence-corrected chi connectivity index (χ4v) is 3.74. The summed E-state index contributed by atoms with van der Waals surface area (Å²) in [5, 5.41) is 16.4. The molecule has 0 fully saturated rings. The molecule has 4 aromatic rings. The first-order chi connectivity index (χ1) is 13.1. The van der Waals surface area contributed by atoms with Crippen LogP contribution in [0.25, 0.3) is 21.0 Å². The Kier molecular flexibility index (Phi) is 4.17. The lowest BCUT2D eigenvalue weighted by atomic mass is 10.1. The van der Waals surface area contributed by atoms with Gasteiger partial charge in [-0.2, -0.15) is 0 Å². The molecular weight excluding hydrogens is 366 g/mol. The van der Waals surface area contributed by atoms with Crippen LogP contribution < -0.4 is 10.1 Å². The summed E-state index contributed by atoms with van der Waals surface area (Å²) in [6, 6.07) is 15.9. The molecular formula is C19H13N3O4S. The Labute approximate surface area is 157 Å². The van der Waals surface area contributed by atoms with Gasteiger partial charge in [-0.25, -0.2) is 4.98 Å². The molecule has 1 amide bonds. The molecule has 0 atom stereocenters. The van der Waals surface area contributed by atoms with Crippen LogP contribution in [0, 0.1) is 10.1 Å². The van der Waals surface area contributed by atoms with Crippen molar-refractivity contribution in [2.24, 2.45) is 0 Å². The number of nitro groups is 1. The molecule has 0 saturated heterocycles. The minimum Gasteiger partial charge on any atom is -0.490 e. The molecule has 27 heavy (non-hydrogen) atoms. The van der Waals surface area contributed by atoms with E-state index in [2.05, 4.69) is 10.3 Å². The van der Waals surface area contributed by atoms with Crippen molar-refractivity contribution >= 4 is 49.1 Å². The van der Waals surface area contributed by atoms with Gasteiger partial charge in [0.1, 0.15) is 0 Å². The second kappa shape index (κ2) is 6.65. The van der Waals surface area contributed by atoms with Crippen LogP contribution in [-0.2, 0) is 0 Å². The smallest absolute Gasteiger partial charge is 0.311 e. The van der Waals surface area contributed by atoms with Gasteiger partial charge in [0.15, 0.2) is 10.9 Å². The molecule has 0 aliphatic rings. The molecule has 0 aliphatic heterocycles. The molecule has 1 aromatic heterocycles. The van der Waals surface area contributed by atoms with Crippen LogP contribution in [0.1, 0.15) is 10.4 Å². The zero-order valence-electron chi connectivity index (χ0n) is 14.1. The lowest BCUT2D eigenvalue weighted by molar-refractivity contribution is -0.385. The van der Waals surface area contributed by atoms with E-state index in [9.17, 15) is 14.9 Å². The number of anilines is 1. The Bertz CT molecular complexity index is 1200. The van der Waals surface area contributed by atoms with Crippen molar-refractivity contribution in [2.45, 2.75) is 0 Å².